The molecule has 2 aromatic rings. The second-order valence-corrected chi connectivity index (χ2v) is 41.3. The summed E-state index contributed by atoms with van der Waals surface area (Å²) in [6.07, 6.45) is 36.2. The van der Waals surface area contributed by atoms with Gasteiger partial charge in [-0.1, -0.05) is 212 Å². The number of likely N-dealkylation sites (tertiary alicyclic amines) is 4. The van der Waals surface area contributed by atoms with Crippen LogP contribution >= 0.6 is 0 Å². The van der Waals surface area contributed by atoms with E-state index < -0.39 is 21.2 Å². The van der Waals surface area contributed by atoms with Gasteiger partial charge < -0.3 is 14.7 Å². The zero-order chi connectivity index (χ0) is 82.5. The number of allylic oxidation sites excluding steroid dienone is 2. The molecule has 6 aliphatic carbocycles. The minimum absolute atomic E-state index is 0.0231. The molecule has 1 aromatic carbocycles. The molecule has 1 unspecified atom stereocenters. The van der Waals surface area contributed by atoms with Crippen LogP contribution in [0.2, 0.25) is 0 Å². The fraction of sp³-hybridized carbons (Fsp3) is 0.844. The average molecular weight is 1550 g/mol. The van der Waals surface area contributed by atoms with Gasteiger partial charge in [-0.2, -0.15) is 5.10 Å². The Morgan fingerprint density at radius 1 is 0.495 bits per heavy atom. The molecule has 0 N–H and O–H groups in total. The molecule has 0 radical (unpaired) electrons. The second kappa shape index (κ2) is 51.8. The van der Waals surface area contributed by atoms with Gasteiger partial charge in [0.25, 0.3) is 0 Å². The topological polar surface area (TPSA) is 89.6 Å². The van der Waals surface area contributed by atoms with E-state index in [9.17, 15) is 17.2 Å². The van der Waals surface area contributed by atoms with E-state index in [0.717, 1.165) is 105 Å². The Labute approximate surface area is 675 Å². The van der Waals surface area contributed by atoms with Gasteiger partial charge in [0.05, 0.1) is 24.1 Å². The molecule has 109 heavy (non-hydrogen) atoms. The molecule has 10 fully saturated rings. The van der Waals surface area contributed by atoms with Crippen LogP contribution in [-0.4, -0.2) is 162 Å². The minimum atomic E-state index is -2.69. The van der Waals surface area contributed by atoms with Gasteiger partial charge in [-0.25, -0.2) is 17.2 Å². The predicted molar refractivity (Wildman–Crippen MR) is 477 cm³/mol. The third-order valence-corrected chi connectivity index (χ3v) is 27.6. The second-order valence-electron chi connectivity index (χ2n) is 38.9. The van der Waals surface area contributed by atoms with Crippen LogP contribution in [0.1, 0.15) is 360 Å². The number of hydrogen-bond acceptors (Lipinski definition) is 9. The summed E-state index contributed by atoms with van der Waals surface area (Å²) in [7, 11) is -2.69. The fourth-order valence-corrected chi connectivity index (χ4v) is 18.7. The number of aromatic nitrogens is 2. The van der Waals surface area contributed by atoms with Crippen LogP contribution in [0.4, 0.5) is 8.78 Å². The minimum Gasteiger partial charge on any atom is -0.301 e. The molecule has 1 aromatic heterocycles. The Balaban J connectivity index is 0.000000404. The van der Waals surface area contributed by atoms with Gasteiger partial charge in [-0.15, -0.1) is 0 Å². The first kappa shape index (κ1) is 102. The van der Waals surface area contributed by atoms with Gasteiger partial charge in [0.2, 0.25) is 0 Å². The molecule has 7 heterocycles. The van der Waals surface area contributed by atoms with Crippen molar-refractivity contribution < 1.29 is 17.2 Å². The smallest absolute Gasteiger partial charge is 0.153 e. The normalized spacial score (nSPS) is 23.7. The molecule has 14 rings (SSSR count). The van der Waals surface area contributed by atoms with E-state index in [1.54, 1.807) is 6.20 Å². The van der Waals surface area contributed by atoms with Crippen LogP contribution in [0, 0.1) is 58.2 Å². The van der Waals surface area contributed by atoms with E-state index in [0.29, 0.717) is 48.6 Å². The third-order valence-electron chi connectivity index (χ3n) is 25.0. The molecule has 4 saturated heterocycles. The van der Waals surface area contributed by atoms with Crippen molar-refractivity contribution in [2.45, 2.75) is 395 Å². The van der Waals surface area contributed by atoms with Crippen LogP contribution in [0.5, 0.6) is 0 Å². The maximum atomic E-state index is 14.0. The van der Waals surface area contributed by atoms with Gasteiger partial charge in [0.1, 0.15) is 11.3 Å². The number of benzene rings is 1. The Bertz CT molecular complexity index is 2820. The lowest BCUT2D eigenvalue weighted by Gasteiger charge is -2.72. The predicted octanol–water partition coefficient (Wildman–Crippen LogP) is 25.9. The van der Waals surface area contributed by atoms with Gasteiger partial charge in [0.15, 0.2) is 9.84 Å². The maximum Gasteiger partial charge on any atom is 0.153 e. The number of halogens is 2. The molecule has 6 aliphatic heterocycles. The summed E-state index contributed by atoms with van der Waals surface area (Å²) in [6.45, 7) is 74.7. The van der Waals surface area contributed by atoms with Gasteiger partial charge >= 0.3 is 0 Å². The standard InChI is InChI=1S/C10H20FN.C9H15N.C9H16.C9H18.C9H12.C8H15F.2C8H17N.C7H11N.C7H14O2S.C6H10N2.C6H13N/c1-8(2)10(11)5-6-12(7-10)9(3)4;1-6(2)9-7(3)5-10-8(9)4;1-7(2)9-4-8(3,5-9)6-9;2*1-8(2)9-6-4-3-5-7-9;1-7(2)8(9)5-3-4-6-8;2*1-8(2)9-6-4-3-5-7-9;1-6(2)7-3-4-8-5-7;1-6(2)5-10(8,9)7-3-4-7;1-6(2)8-5-3-4-7-8;1-6(2)7-4-3-5-7/h8-9H,5-7H2,1-4H3;6H,5H2,1-4H3;7H,4-6H2,1-3H3;8-9H,3-7H2,1-2H3;3-8H,1-2H3;7H,3-6H2,1-2H3;2*8H,3-7H2,1-2H3;3,5-6H,4H2,1-2H3;6-7H,3-5H2,1-2H3;3-6H,1-2H3;6H,3-5H2,1-2H3. The van der Waals surface area contributed by atoms with Gasteiger partial charge in [-0.05, 0) is 298 Å². The van der Waals surface area contributed by atoms with Crippen molar-refractivity contribution in [2.24, 2.45) is 68.2 Å². The zero-order valence-electron chi connectivity index (χ0n) is 76.8. The first-order chi connectivity index (χ1) is 50.9. The lowest BCUT2D eigenvalue weighted by Crippen LogP contribution is -2.62. The Kier molecular flexibility index (Phi) is 48.4. The molecule has 0 spiro atoms. The van der Waals surface area contributed by atoms with E-state index >= 15 is 0 Å². The van der Waals surface area contributed by atoms with Crippen LogP contribution in [0.25, 0.3) is 0 Å². The number of alkyl halides is 2. The van der Waals surface area contributed by atoms with E-state index in [4.69, 9.17) is 0 Å². The monoisotopic (exact) mass is 1550 g/mol. The molecule has 1 atom stereocenters. The van der Waals surface area contributed by atoms with Crippen molar-refractivity contribution in [3.8, 4) is 0 Å². The van der Waals surface area contributed by atoms with Crippen LogP contribution in [-0.2, 0) is 9.84 Å². The quantitative estimate of drug-likeness (QED) is 0.175. The molecule has 6 saturated carbocycles. The van der Waals surface area contributed by atoms with Crippen molar-refractivity contribution in [1.29, 1.82) is 0 Å². The van der Waals surface area contributed by atoms with E-state index in [1.165, 1.54) is 164 Å². The highest BCUT2D eigenvalue weighted by molar-refractivity contribution is 7.92. The van der Waals surface area contributed by atoms with E-state index in [1.807, 2.05) is 70.8 Å². The number of hydrogen-bond donors (Lipinski definition) is 0. The van der Waals surface area contributed by atoms with Crippen LogP contribution in [0.15, 0.2) is 81.6 Å². The molecule has 2 bridgehead atoms. The van der Waals surface area contributed by atoms with Crippen LogP contribution < -0.4 is 0 Å². The molecular weight excluding hydrogens is 1370 g/mol. The summed E-state index contributed by atoms with van der Waals surface area (Å²) in [5.41, 5.74) is 6.87. The summed E-state index contributed by atoms with van der Waals surface area (Å²) in [5, 5.41) is 4.06. The number of nitrogens with zero attached hydrogens (tertiary/aromatic N) is 8. The Morgan fingerprint density at radius 3 is 1.18 bits per heavy atom. The largest absolute Gasteiger partial charge is 0.301 e. The third kappa shape index (κ3) is 39.4. The number of rotatable bonds is 15. The average Bonchev–Trinajstić information content (AvgIpc) is 1.21. The highest BCUT2D eigenvalue weighted by atomic mass is 32.2. The molecule has 634 valence electrons. The van der Waals surface area contributed by atoms with Gasteiger partial charge in [0, 0.05) is 67.6 Å². The molecule has 0 amide bonds. The van der Waals surface area contributed by atoms with Crippen molar-refractivity contribution >= 4 is 21.8 Å². The van der Waals surface area contributed by atoms with E-state index in [-0.39, 0.29) is 23.0 Å². The highest BCUT2D eigenvalue weighted by Gasteiger charge is 2.65. The number of piperidine rings is 2. The highest BCUT2D eigenvalue weighted by Crippen LogP contribution is 2.75. The first-order valence-corrected chi connectivity index (χ1v) is 46.7. The van der Waals surface area contributed by atoms with Crippen molar-refractivity contribution in [3.05, 3.63) is 77.2 Å². The maximum absolute atomic E-state index is 14.0. The summed E-state index contributed by atoms with van der Waals surface area (Å²) in [4.78, 5) is 18.2. The zero-order valence-corrected chi connectivity index (χ0v) is 77.6. The first-order valence-electron chi connectivity index (χ1n) is 45.0. The molecule has 10 nitrogen and oxygen atoms in total. The molecular formula is C96H178F2N8O2S. The van der Waals surface area contributed by atoms with Crippen molar-refractivity contribution in [1.82, 2.24) is 29.4 Å². The van der Waals surface area contributed by atoms with Crippen molar-refractivity contribution in [3.63, 3.8) is 0 Å². The SMILES string of the molecule is CC(C)C1(F)CCCC1.CC(C)C12CC(C)(C1)C2.CC(C)C1=CCN=C1.CC(C)C1CCCCC1.CC(C)CS(=O)(=O)C1CC1.CC(C)N1CCC(F)(C(C)C)C1.CC(C)N1CCC1.CC(C)N1CCCCC1.CC(C)N1CCCCC1.CC(C)c1ccccc1.CC(C)n1cccn1.CC1=NCC(C)=C1C(C)C. The molecule has 12 aliphatic rings. The van der Waals surface area contributed by atoms with Crippen molar-refractivity contribution in [2.75, 3.05) is 71.2 Å². The number of sulfone groups is 1. The summed E-state index contributed by atoms with van der Waals surface area (Å²) >= 11 is 0. The lowest BCUT2D eigenvalue weighted by atomic mass is 9.33. The van der Waals surface area contributed by atoms with E-state index in [2.05, 4.69) is 224 Å². The van der Waals surface area contributed by atoms with Gasteiger partial charge in [-0.3, -0.25) is 19.6 Å². The Morgan fingerprint density at radius 2 is 0.963 bits per heavy atom. The summed E-state index contributed by atoms with van der Waals surface area (Å²) in [6, 6.07) is 15.8. The Hall–Kier alpha value is -3.10. The summed E-state index contributed by atoms with van der Waals surface area (Å²) in [5.74, 6) is 5.92. The fourth-order valence-electron chi connectivity index (χ4n) is 16.6. The lowest BCUT2D eigenvalue weighted by molar-refractivity contribution is -0.217. The number of aliphatic imine (C=N–C) groups is 2. The molecule has 13 heteroatoms. The summed E-state index contributed by atoms with van der Waals surface area (Å²) < 4.78 is 51.8. The van der Waals surface area contributed by atoms with Crippen LogP contribution in [0.3, 0.4) is 0 Å².